The lowest BCUT2D eigenvalue weighted by molar-refractivity contribution is -0.0462. The molecule has 6 heteroatoms. The van der Waals surface area contributed by atoms with Crippen LogP contribution in [0.4, 0.5) is 17.6 Å². The van der Waals surface area contributed by atoms with Crippen LogP contribution in [0.2, 0.25) is 0 Å². The lowest BCUT2D eigenvalue weighted by Crippen LogP contribution is -2.36. The van der Waals surface area contributed by atoms with Crippen molar-refractivity contribution < 1.29 is 27.0 Å². The van der Waals surface area contributed by atoms with Crippen molar-refractivity contribution in [3.63, 3.8) is 0 Å². The lowest BCUT2D eigenvalue weighted by atomic mass is 9.72. The first kappa shape index (κ1) is 30.4. The van der Waals surface area contributed by atoms with E-state index in [1.165, 1.54) is 37.8 Å². The van der Waals surface area contributed by atoms with E-state index in [0.717, 1.165) is 58.0 Å². The number of ether oxygens (including phenoxy) is 2. The zero-order valence-electron chi connectivity index (χ0n) is 23.7. The molecule has 3 aliphatic rings. The molecule has 39 heavy (non-hydrogen) atoms. The highest BCUT2D eigenvalue weighted by atomic mass is 19.2. The SMILES string of the molecule is C=CC1CCC(c2ccc(OCC(F)C(F)C3CCC(C4CCC(CCCCC)OC4)CC3)c(F)c2F)CC1. The Balaban J connectivity index is 1.20. The average Bonchev–Trinajstić information content (AvgIpc) is 2.98. The van der Waals surface area contributed by atoms with Crippen LogP contribution in [0.5, 0.6) is 5.75 Å². The fourth-order valence-corrected chi connectivity index (χ4v) is 7.18. The number of allylic oxidation sites excluding steroid dienone is 1. The first-order valence-corrected chi connectivity index (χ1v) is 15.5. The molecule has 2 nitrogen and oxygen atoms in total. The van der Waals surface area contributed by atoms with E-state index in [2.05, 4.69) is 13.5 Å². The maximum Gasteiger partial charge on any atom is 0.200 e. The van der Waals surface area contributed by atoms with Crippen molar-refractivity contribution in [3.05, 3.63) is 42.0 Å². The van der Waals surface area contributed by atoms with Gasteiger partial charge in [0.15, 0.2) is 17.7 Å². The molecule has 1 heterocycles. The summed E-state index contributed by atoms with van der Waals surface area (Å²) in [5.41, 5.74) is 0.342. The van der Waals surface area contributed by atoms with Crippen LogP contribution < -0.4 is 4.74 Å². The van der Waals surface area contributed by atoms with Gasteiger partial charge in [-0.25, -0.2) is 13.2 Å². The van der Waals surface area contributed by atoms with E-state index < -0.39 is 30.6 Å². The van der Waals surface area contributed by atoms with Crippen molar-refractivity contribution in [1.82, 2.24) is 0 Å². The van der Waals surface area contributed by atoms with E-state index >= 15 is 4.39 Å². The number of hydrogen-bond acceptors (Lipinski definition) is 2. The summed E-state index contributed by atoms with van der Waals surface area (Å²) in [6, 6.07) is 2.90. The highest BCUT2D eigenvalue weighted by molar-refractivity contribution is 5.33. The monoisotopic (exact) mass is 552 g/mol. The van der Waals surface area contributed by atoms with Crippen LogP contribution >= 0.6 is 0 Å². The van der Waals surface area contributed by atoms with Gasteiger partial charge in [-0.3, -0.25) is 0 Å². The number of hydrogen-bond donors (Lipinski definition) is 0. The highest BCUT2D eigenvalue weighted by Crippen LogP contribution is 2.41. The van der Waals surface area contributed by atoms with Crippen molar-refractivity contribution in [2.45, 2.75) is 121 Å². The van der Waals surface area contributed by atoms with Gasteiger partial charge in [-0.05, 0) is 112 Å². The second kappa shape index (κ2) is 14.9. The standard InChI is InChI=1S/C33H48F4O2/c1-3-5-6-7-27-17-16-26(20-38-27)23-12-14-25(15-13-23)31(35)29(34)21-39-30-19-18-28(32(36)33(30)37)24-10-8-22(4-2)9-11-24/h4,18-19,22-27,29,31H,2-3,5-17,20-21H2,1H3. The van der Waals surface area contributed by atoms with Gasteiger partial charge in [0.25, 0.3) is 0 Å². The molecule has 2 aliphatic carbocycles. The Morgan fingerprint density at radius 3 is 2.28 bits per heavy atom. The van der Waals surface area contributed by atoms with Gasteiger partial charge in [-0.15, -0.1) is 6.58 Å². The van der Waals surface area contributed by atoms with E-state index in [9.17, 15) is 13.2 Å². The molecule has 0 aromatic heterocycles. The normalized spacial score (nSPS) is 31.4. The second-order valence-electron chi connectivity index (χ2n) is 12.4. The molecule has 2 saturated carbocycles. The van der Waals surface area contributed by atoms with Gasteiger partial charge in [0, 0.05) is 0 Å². The Labute approximate surface area is 232 Å². The molecule has 1 saturated heterocycles. The van der Waals surface area contributed by atoms with Gasteiger partial charge in [0.2, 0.25) is 5.82 Å². The van der Waals surface area contributed by atoms with Gasteiger partial charge in [-0.1, -0.05) is 38.3 Å². The van der Waals surface area contributed by atoms with E-state index in [0.29, 0.717) is 42.3 Å². The Morgan fingerprint density at radius 1 is 0.923 bits per heavy atom. The molecular formula is C33H48F4O2. The van der Waals surface area contributed by atoms with Gasteiger partial charge >= 0.3 is 0 Å². The summed E-state index contributed by atoms with van der Waals surface area (Å²) in [5, 5.41) is 0. The molecule has 1 aliphatic heterocycles. The molecule has 0 radical (unpaired) electrons. The molecule has 4 unspecified atom stereocenters. The van der Waals surface area contributed by atoms with Crippen molar-refractivity contribution in [2.75, 3.05) is 13.2 Å². The third kappa shape index (κ3) is 8.01. The fraction of sp³-hybridized carbons (Fsp3) is 0.758. The fourth-order valence-electron chi connectivity index (χ4n) is 7.18. The van der Waals surface area contributed by atoms with Crippen LogP contribution in [-0.4, -0.2) is 31.7 Å². The summed E-state index contributed by atoms with van der Waals surface area (Å²) in [6.45, 7) is 6.22. The Bertz CT molecular complexity index is 884. The summed E-state index contributed by atoms with van der Waals surface area (Å²) < 4.78 is 70.8. The Morgan fingerprint density at radius 2 is 1.64 bits per heavy atom. The quantitative estimate of drug-likeness (QED) is 0.146. The van der Waals surface area contributed by atoms with Crippen LogP contribution in [0.3, 0.4) is 0 Å². The van der Waals surface area contributed by atoms with E-state index in [1.807, 2.05) is 6.08 Å². The molecule has 4 rings (SSSR count). The lowest BCUT2D eigenvalue weighted by Gasteiger charge is -2.38. The maximum atomic E-state index is 15.0. The number of unbranched alkanes of at least 4 members (excludes halogenated alkanes) is 2. The molecule has 220 valence electrons. The minimum Gasteiger partial charge on any atom is -0.487 e. The van der Waals surface area contributed by atoms with Crippen molar-refractivity contribution >= 4 is 0 Å². The largest absolute Gasteiger partial charge is 0.487 e. The highest BCUT2D eigenvalue weighted by Gasteiger charge is 2.37. The molecule has 0 amide bonds. The molecule has 0 bridgehead atoms. The zero-order valence-corrected chi connectivity index (χ0v) is 23.7. The Hall–Kier alpha value is -1.56. The summed E-state index contributed by atoms with van der Waals surface area (Å²) >= 11 is 0. The van der Waals surface area contributed by atoms with Crippen molar-refractivity contribution in [1.29, 1.82) is 0 Å². The average molecular weight is 553 g/mol. The Kier molecular flexibility index (Phi) is 11.6. The molecule has 0 N–H and O–H groups in total. The molecular weight excluding hydrogens is 504 g/mol. The molecule has 1 aromatic rings. The minimum absolute atomic E-state index is 0.0450. The zero-order chi connectivity index (χ0) is 27.8. The molecule has 4 atom stereocenters. The first-order chi connectivity index (χ1) is 18.9. The van der Waals surface area contributed by atoms with Gasteiger partial charge in [-0.2, -0.15) is 4.39 Å². The van der Waals surface area contributed by atoms with E-state index in [-0.39, 0.29) is 17.6 Å². The number of alkyl halides is 2. The van der Waals surface area contributed by atoms with Crippen LogP contribution in [0.15, 0.2) is 24.8 Å². The third-order valence-corrected chi connectivity index (χ3v) is 9.83. The predicted molar refractivity (Wildman–Crippen MR) is 149 cm³/mol. The first-order valence-electron chi connectivity index (χ1n) is 15.5. The van der Waals surface area contributed by atoms with Crippen molar-refractivity contribution in [2.24, 2.45) is 23.7 Å². The predicted octanol–water partition coefficient (Wildman–Crippen LogP) is 9.66. The second-order valence-corrected chi connectivity index (χ2v) is 12.4. The third-order valence-electron chi connectivity index (χ3n) is 9.83. The van der Waals surface area contributed by atoms with Crippen LogP contribution in [0, 0.1) is 35.3 Å². The van der Waals surface area contributed by atoms with Crippen LogP contribution in [-0.2, 0) is 4.74 Å². The van der Waals surface area contributed by atoms with Crippen LogP contribution in [0.1, 0.15) is 108 Å². The molecule has 3 fully saturated rings. The maximum absolute atomic E-state index is 15.0. The smallest absolute Gasteiger partial charge is 0.200 e. The summed E-state index contributed by atoms with van der Waals surface area (Å²) in [4.78, 5) is 0. The minimum atomic E-state index is -1.87. The van der Waals surface area contributed by atoms with Gasteiger partial charge in [0.05, 0.1) is 12.7 Å². The van der Waals surface area contributed by atoms with Crippen molar-refractivity contribution in [3.8, 4) is 5.75 Å². The topological polar surface area (TPSA) is 18.5 Å². The number of benzene rings is 1. The summed E-state index contributed by atoms with van der Waals surface area (Å²) in [7, 11) is 0. The van der Waals surface area contributed by atoms with Gasteiger partial charge in [0.1, 0.15) is 12.8 Å². The van der Waals surface area contributed by atoms with E-state index in [4.69, 9.17) is 9.47 Å². The summed E-state index contributed by atoms with van der Waals surface area (Å²) in [6.07, 6.45) is 12.4. The molecule has 1 aromatic carbocycles. The van der Waals surface area contributed by atoms with E-state index in [1.54, 1.807) is 0 Å². The number of rotatable bonds is 12. The summed E-state index contributed by atoms with van der Waals surface area (Å²) in [5.74, 6) is -1.33. The number of halogens is 4. The van der Waals surface area contributed by atoms with Gasteiger partial charge < -0.3 is 9.47 Å². The molecule has 0 spiro atoms. The van der Waals surface area contributed by atoms with Crippen LogP contribution in [0.25, 0.3) is 0 Å².